The molecule has 0 atom stereocenters. The molecule has 0 bridgehead atoms. The van der Waals surface area contributed by atoms with E-state index < -0.39 is 0 Å². The van der Waals surface area contributed by atoms with Gasteiger partial charge in [-0.3, -0.25) is 15.6 Å². The monoisotopic (exact) mass is 325 g/mol. The molecule has 6 heteroatoms. The maximum absolute atomic E-state index is 11.6. The quantitative estimate of drug-likeness (QED) is 0.326. The molecule has 1 aromatic carbocycles. The SMILES string of the molecule is CCCCCNC(=S)NNC(=O)/C=C/c1cccc(Cl)c1. The van der Waals surface area contributed by atoms with Crippen molar-refractivity contribution in [3.05, 3.63) is 40.9 Å². The highest BCUT2D eigenvalue weighted by Crippen LogP contribution is 2.11. The Balaban J connectivity index is 2.26. The Hall–Kier alpha value is -1.59. The molecule has 114 valence electrons. The molecule has 0 saturated heterocycles. The lowest BCUT2D eigenvalue weighted by Crippen LogP contribution is -2.46. The van der Waals surface area contributed by atoms with E-state index in [2.05, 4.69) is 23.1 Å². The number of carbonyl (C=O) groups is 1. The van der Waals surface area contributed by atoms with Gasteiger partial charge >= 0.3 is 0 Å². The second-order valence-electron chi connectivity index (χ2n) is 4.47. The van der Waals surface area contributed by atoms with Gasteiger partial charge in [-0.2, -0.15) is 0 Å². The summed E-state index contributed by atoms with van der Waals surface area (Å²) in [5.74, 6) is -0.285. The molecule has 0 fully saturated rings. The molecule has 4 nitrogen and oxygen atoms in total. The zero-order chi connectivity index (χ0) is 15.5. The smallest absolute Gasteiger partial charge is 0.262 e. The van der Waals surface area contributed by atoms with Crippen molar-refractivity contribution in [1.82, 2.24) is 16.2 Å². The second-order valence-corrected chi connectivity index (χ2v) is 5.31. The van der Waals surface area contributed by atoms with Crippen molar-refractivity contribution in [3.63, 3.8) is 0 Å². The topological polar surface area (TPSA) is 53.2 Å². The number of thiocarbonyl (C=S) groups is 1. The van der Waals surface area contributed by atoms with Crippen molar-refractivity contribution in [2.75, 3.05) is 6.54 Å². The van der Waals surface area contributed by atoms with Crippen LogP contribution in [0, 0.1) is 0 Å². The lowest BCUT2D eigenvalue weighted by atomic mass is 10.2. The summed E-state index contributed by atoms with van der Waals surface area (Å²) in [5.41, 5.74) is 6.01. The third kappa shape index (κ3) is 8.32. The zero-order valence-corrected chi connectivity index (χ0v) is 13.6. The lowest BCUT2D eigenvalue weighted by Gasteiger charge is -2.09. The van der Waals surface area contributed by atoms with Crippen LogP contribution in [0.5, 0.6) is 0 Å². The molecule has 1 aromatic rings. The summed E-state index contributed by atoms with van der Waals surface area (Å²) in [6.07, 6.45) is 6.47. The second kappa shape index (κ2) is 10.2. The van der Waals surface area contributed by atoms with Crippen molar-refractivity contribution in [2.45, 2.75) is 26.2 Å². The van der Waals surface area contributed by atoms with Crippen molar-refractivity contribution < 1.29 is 4.79 Å². The summed E-state index contributed by atoms with van der Waals surface area (Å²) < 4.78 is 0. The van der Waals surface area contributed by atoms with E-state index in [4.69, 9.17) is 23.8 Å². The molecule has 0 aliphatic carbocycles. The molecule has 0 aliphatic rings. The van der Waals surface area contributed by atoms with Crippen LogP contribution in [-0.4, -0.2) is 17.6 Å². The van der Waals surface area contributed by atoms with Gasteiger partial charge in [-0.25, -0.2) is 0 Å². The number of carbonyl (C=O) groups excluding carboxylic acids is 1. The average molecular weight is 326 g/mol. The standard InChI is InChI=1S/C15H20ClN3OS/c1-2-3-4-10-17-15(21)19-18-14(20)9-8-12-6-5-7-13(16)11-12/h5-9,11H,2-4,10H2,1H3,(H,18,20)(H2,17,19,21)/b9-8+. The number of halogens is 1. The molecule has 0 saturated carbocycles. The molecule has 0 aliphatic heterocycles. The summed E-state index contributed by atoms with van der Waals surface area (Å²) >= 11 is 10.9. The predicted octanol–water partition coefficient (Wildman–Crippen LogP) is 3.04. The minimum absolute atomic E-state index is 0.285. The van der Waals surface area contributed by atoms with Crippen molar-refractivity contribution in [2.24, 2.45) is 0 Å². The highest BCUT2D eigenvalue weighted by atomic mass is 35.5. The van der Waals surface area contributed by atoms with Crippen LogP contribution in [-0.2, 0) is 4.79 Å². The van der Waals surface area contributed by atoms with Gasteiger partial charge in [0.05, 0.1) is 0 Å². The van der Waals surface area contributed by atoms with Crippen LogP contribution < -0.4 is 16.2 Å². The average Bonchev–Trinajstić information content (AvgIpc) is 2.47. The van der Waals surface area contributed by atoms with Gasteiger partial charge in [-0.1, -0.05) is 43.5 Å². The van der Waals surface area contributed by atoms with Crippen molar-refractivity contribution >= 4 is 40.9 Å². The van der Waals surface area contributed by atoms with Gasteiger partial charge in [0.2, 0.25) is 0 Å². The molecule has 0 unspecified atom stereocenters. The van der Waals surface area contributed by atoms with Gasteiger partial charge in [-0.05, 0) is 42.4 Å². The normalized spacial score (nSPS) is 10.4. The van der Waals surface area contributed by atoms with Crippen LogP contribution in [0.25, 0.3) is 6.08 Å². The van der Waals surface area contributed by atoms with E-state index in [0.717, 1.165) is 31.4 Å². The van der Waals surface area contributed by atoms with Crippen LogP contribution in [0.15, 0.2) is 30.3 Å². The molecule has 3 N–H and O–H groups in total. The summed E-state index contributed by atoms with van der Waals surface area (Å²) in [5, 5.41) is 4.06. The van der Waals surface area contributed by atoms with E-state index in [1.807, 2.05) is 12.1 Å². The van der Waals surface area contributed by atoms with Gasteiger partial charge in [-0.15, -0.1) is 0 Å². The highest BCUT2D eigenvalue weighted by molar-refractivity contribution is 7.80. The van der Waals surface area contributed by atoms with E-state index in [1.54, 1.807) is 18.2 Å². The van der Waals surface area contributed by atoms with Gasteiger partial charge in [0.1, 0.15) is 0 Å². The molecule has 1 rings (SSSR count). The number of unbranched alkanes of at least 4 members (excludes halogenated alkanes) is 2. The third-order valence-electron chi connectivity index (χ3n) is 2.64. The number of hydrazine groups is 1. The minimum Gasteiger partial charge on any atom is -0.361 e. The number of nitrogens with one attached hydrogen (secondary N) is 3. The number of rotatable bonds is 6. The molecule has 0 spiro atoms. The fourth-order valence-corrected chi connectivity index (χ4v) is 1.92. The van der Waals surface area contributed by atoms with Gasteiger partial charge in [0.15, 0.2) is 5.11 Å². The van der Waals surface area contributed by atoms with E-state index >= 15 is 0 Å². The Morgan fingerprint density at radius 3 is 2.86 bits per heavy atom. The third-order valence-corrected chi connectivity index (χ3v) is 3.12. The summed E-state index contributed by atoms with van der Waals surface area (Å²) in [6.45, 7) is 2.94. The van der Waals surface area contributed by atoms with Gasteiger partial charge < -0.3 is 5.32 Å². The summed E-state index contributed by atoms with van der Waals surface area (Å²) in [7, 11) is 0. The van der Waals surface area contributed by atoms with Crippen LogP contribution in [0.4, 0.5) is 0 Å². The molecule has 0 heterocycles. The number of amides is 1. The first-order valence-electron chi connectivity index (χ1n) is 6.89. The summed E-state index contributed by atoms with van der Waals surface area (Å²) in [6, 6.07) is 7.25. The Bertz CT molecular complexity index is 505. The Kier molecular flexibility index (Phi) is 8.47. The number of hydrogen-bond acceptors (Lipinski definition) is 2. The largest absolute Gasteiger partial charge is 0.361 e. The molecule has 0 aromatic heterocycles. The molecule has 0 radical (unpaired) electrons. The first kappa shape index (κ1) is 17.5. The maximum Gasteiger partial charge on any atom is 0.262 e. The zero-order valence-electron chi connectivity index (χ0n) is 12.0. The molecular formula is C15H20ClN3OS. The van der Waals surface area contributed by atoms with Crippen LogP contribution in [0.2, 0.25) is 5.02 Å². The minimum atomic E-state index is -0.285. The fourth-order valence-electron chi connectivity index (χ4n) is 1.56. The van der Waals surface area contributed by atoms with E-state index in [-0.39, 0.29) is 5.91 Å². The molecule has 21 heavy (non-hydrogen) atoms. The fraction of sp³-hybridized carbons (Fsp3) is 0.333. The van der Waals surface area contributed by atoms with E-state index in [0.29, 0.717) is 10.1 Å². The number of hydrogen-bond donors (Lipinski definition) is 3. The highest BCUT2D eigenvalue weighted by Gasteiger charge is 1.97. The lowest BCUT2D eigenvalue weighted by molar-refractivity contribution is -0.116. The van der Waals surface area contributed by atoms with Crippen molar-refractivity contribution in [3.8, 4) is 0 Å². The van der Waals surface area contributed by atoms with Gasteiger partial charge in [0.25, 0.3) is 5.91 Å². The Labute approximate surface area is 135 Å². The Morgan fingerprint density at radius 2 is 2.14 bits per heavy atom. The predicted molar refractivity (Wildman–Crippen MR) is 91.9 cm³/mol. The van der Waals surface area contributed by atoms with Crippen LogP contribution in [0.3, 0.4) is 0 Å². The van der Waals surface area contributed by atoms with E-state index in [9.17, 15) is 4.79 Å². The molecular weight excluding hydrogens is 306 g/mol. The van der Waals surface area contributed by atoms with Crippen LogP contribution in [0.1, 0.15) is 31.7 Å². The van der Waals surface area contributed by atoms with Crippen molar-refractivity contribution in [1.29, 1.82) is 0 Å². The first-order valence-corrected chi connectivity index (χ1v) is 7.68. The molecule has 1 amide bonds. The van der Waals surface area contributed by atoms with Gasteiger partial charge in [0, 0.05) is 17.6 Å². The van der Waals surface area contributed by atoms with Crippen LogP contribution >= 0.6 is 23.8 Å². The first-order chi connectivity index (χ1) is 10.1. The number of benzene rings is 1. The Morgan fingerprint density at radius 1 is 1.33 bits per heavy atom. The summed E-state index contributed by atoms with van der Waals surface area (Å²) in [4.78, 5) is 11.6. The maximum atomic E-state index is 11.6. The van der Waals surface area contributed by atoms with E-state index in [1.165, 1.54) is 6.08 Å².